The highest BCUT2D eigenvalue weighted by molar-refractivity contribution is 5.62. The zero-order chi connectivity index (χ0) is 16.1. The lowest BCUT2D eigenvalue weighted by molar-refractivity contribution is 0.108. The zero-order valence-electron chi connectivity index (χ0n) is 12.5. The maximum atomic E-state index is 10.3. The number of nitrogens with zero attached hydrogens (tertiary/aromatic N) is 2. The van der Waals surface area contributed by atoms with Crippen LogP contribution in [-0.4, -0.2) is 29.0 Å². The van der Waals surface area contributed by atoms with E-state index in [1.807, 2.05) is 36.4 Å². The first kappa shape index (κ1) is 15.1. The van der Waals surface area contributed by atoms with Crippen LogP contribution < -0.4 is 9.47 Å². The van der Waals surface area contributed by atoms with E-state index < -0.39 is 6.10 Å². The van der Waals surface area contributed by atoms with Crippen LogP contribution in [-0.2, 0) is 0 Å². The van der Waals surface area contributed by atoms with Crippen LogP contribution in [0.1, 0.15) is 11.7 Å². The second-order valence-electron chi connectivity index (χ2n) is 4.84. The number of ether oxygens (including phenoxy) is 2. The lowest BCUT2D eigenvalue weighted by atomic mass is 10.1. The van der Waals surface area contributed by atoms with Gasteiger partial charge in [-0.25, -0.2) is 0 Å². The Morgan fingerprint density at radius 1 is 1.17 bits per heavy atom. The molecule has 0 amide bonds. The number of hydrogen-bond acceptors (Lipinski definition) is 6. The SMILES string of the molecule is COc1cccc([C@@H](O)COc2ccccc2-c2nnco2)c1. The smallest absolute Gasteiger partial charge is 0.251 e. The van der Waals surface area contributed by atoms with Crippen LogP contribution >= 0.6 is 0 Å². The fraction of sp³-hybridized carbons (Fsp3) is 0.176. The van der Waals surface area contributed by atoms with Crippen LogP contribution in [0.15, 0.2) is 59.3 Å². The fourth-order valence-electron chi connectivity index (χ4n) is 2.17. The largest absolute Gasteiger partial charge is 0.497 e. The van der Waals surface area contributed by atoms with Crippen molar-refractivity contribution in [3.05, 3.63) is 60.5 Å². The number of para-hydroxylation sites is 1. The normalized spacial score (nSPS) is 11.9. The number of aliphatic hydroxyl groups is 1. The second-order valence-corrected chi connectivity index (χ2v) is 4.84. The molecule has 2 aromatic carbocycles. The summed E-state index contributed by atoms with van der Waals surface area (Å²) in [6, 6.07) is 14.5. The van der Waals surface area contributed by atoms with Gasteiger partial charge in [0.05, 0.1) is 12.7 Å². The Morgan fingerprint density at radius 2 is 2.04 bits per heavy atom. The molecule has 1 atom stereocenters. The number of methoxy groups -OCH3 is 1. The Kier molecular flexibility index (Phi) is 4.54. The van der Waals surface area contributed by atoms with Gasteiger partial charge in [0.25, 0.3) is 5.89 Å². The molecule has 0 radical (unpaired) electrons. The van der Waals surface area contributed by atoms with E-state index in [4.69, 9.17) is 13.9 Å². The molecule has 118 valence electrons. The van der Waals surface area contributed by atoms with Gasteiger partial charge in [0.2, 0.25) is 6.39 Å². The van der Waals surface area contributed by atoms with Crippen molar-refractivity contribution in [2.75, 3.05) is 13.7 Å². The molecule has 3 rings (SSSR count). The van der Waals surface area contributed by atoms with Crippen LogP contribution in [0, 0.1) is 0 Å². The van der Waals surface area contributed by atoms with Gasteiger partial charge in [0.1, 0.15) is 24.2 Å². The summed E-state index contributed by atoms with van der Waals surface area (Å²) in [5.41, 5.74) is 1.41. The lowest BCUT2D eigenvalue weighted by Crippen LogP contribution is -2.10. The average Bonchev–Trinajstić information content (AvgIpc) is 3.14. The Labute approximate surface area is 133 Å². The minimum Gasteiger partial charge on any atom is -0.497 e. The average molecular weight is 312 g/mol. The molecule has 1 aromatic heterocycles. The maximum absolute atomic E-state index is 10.3. The molecule has 0 unspecified atom stereocenters. The third-order valence-corrected chi connectivity index (χ3v) is 3.35. The highest BCUT2D eigenvalue weighted by Gasteiger charge is 2.14. The maximum Gasteiger partial charge on any atom is 0.251 e. The van der Waals surface area contributed by atoms with Crippen molar-refractivity contribution in [3.8, 4) is 23.0 Å². The first-order chi connectivity index (χ1) is 11.3. The van der Waals surface area contributed by atoms with Crippen molar-refractivity contribution < 1.29 is 19.0 Å². The standard InChI is InChI=1S/C17H16N2O4/c1-21-13-6-4-5-12(9-13)15(20)10-22-16-8-3-2-7-14(16)17-19-18-11-23-17/h2-9,11,15,20H,10H2,1H3/t15-/m0/s1. The molecule has 0 saturated carbocycles. The molecule has 3 aromatic rings. The molecule has 0 spiro atoms. The van der Waals surface area contributed by atoms with Crippen molar-refractivity contribution >= 4 is 0 Å². The molecule has 0 aliphatic heterocycles. The molecule has 0 bridgehead atoms. The Bertz CT molecular complexity index is 759. The summed E-state index contributed by atoms with van der Waals surface area (Å²) in [4.78, 5) is 0. The molecule has 0 fully saturated rings. The molecular weight excluding hydrogens is 296 g/mol. The van der Waals surface area contributed by atoms with E-state index in [1.165, 1.54) is 6.39 Å². The molecule has 0 aliphatic carbocycles. The first-order valence-electron chi connectivity index (χ1n) is 7.08. The van der Waals surface area contributed by atoms with Gasteiger partial charge in [-0.15, -0.1) is 10.2 Å². The lowest BCUT2D eigenvalue weighted by Gasteiger charge is -2.14. The fourth-order valence-corrected chi connectivity index (χ4v) is 2.17. The summed E-state index contributed by atoms with van der Waals surface area (Å²) in [7, 11) is 1.59. The minimum atomic E-state index is -0.777. The molecule has 6 heteroatoms. The third kappa shape index (κ3) is 3.49. The summed E-state index contributed by atoms with van der Waals surface area (Å²) >= 11 is 0. The number of benzene rings is 2. The molecular formula is C17H16N2O4. The highest BCUT2D eigenvalue weighted by atomic mass is 16.5. The van der Waals surface area contributed by atoms with E-state index in [2.05, 4.69) is 10.2 Å². The predicted octanol–water partition coefficient (Wildman–Crippen LogP) is 2.86. The van der Waals surface area contributed by atoms with Crippen LogP contribution in [0.5, 0.6) is 11.5 Å². The van der Waals surface area contributed by atoms with Crippen LogP contribution in [0.4, 0.5) is 0 Å². The van der Waals surface area contributed by atoms with E-state index in [0.29, 0.717) is 23.0 Å². The molecule has 0 aliphatic rings. The van der Waals surface area contributed by atoms with E-state index in [9.17, 15) is 5.11 Å². The van der Waals surface area contributed by atoms with Crippen molar-refractivity contribution in [3.63, 3.8) is 0 Å². The Hall–Kier alpha value is -2.86. The number of aliphatic hydroxyl groups excluding tert-OH is 1. The van der Waals surface area contributed by atoms with Crippen molar-refractivity contribution in [2.45, 2.75) is 6.10 Å². The van der Waals surface area contributed by atoms with Crippen LogP contribution in [0.3, 0.4) is 0 Å². The van der Waals surface area contributed by atoms with Gasteiger partial charge in [-0.3, -0.25) is 0 Å². The summed E-state index contributed by atoms with van der Waals surface area (Å²) < 4.78 is 16.1. The predicted molar refractivity (Wildman–Crippen MR) is 83.2 cm³/mol. The van der Waals surface area contributed by atoms with Gasteiger partial charge in [-0.1, -0.05) is 24.3 Å². The van der Waals surface area contributed by atoms with Gasteiger partial charge in [0, 0.05) is 0 Å². The summed E-state index contributed by atoms with van der Waals surface area (Å²) in [5, 5.41) is 17.8. The van der Waals surface area contributed by atoms with E-state index >= 15 is 0 Å². The molecule has 0 saturated heterocycles. The molecule has 23 heavy (non-hydrogen) atoms. The van der Waals surface area contributed by atoms with Crippen LogP contribution in [0.2, 0.25) is 0 Å². The van der Waals surface area contributed by atoms with Gasteiger partial charge in [-0.2, -0.15) is 0 Å². The van der Waals surface area contributed by atoms with Crippen molar-refractivity contribution in [2.24, 2.45) is 0 Å². The van der Waals surface area contributed by atoms with E-state index in [0.717, 1.165) is 5.56 Å². The summed E-state index contributed by atoms with van der Waals surface area (Å²) in [6.45, 7) is 0.0956. The number of aromatic nitrogens is 2. The van der Waals surface area contributed by atoms with E-state index in [-0.39, 0.29) is 6.61 Å². The first-order valence-corrected chi connectivity index (χ1v) is 7.08. The topological polar surface area (TPSA) is 77.6 Å². The van der Waals surface area contributed by atoms with E-state index in [1.54, 1.807) is 19.2 Å². The summed E-state index contributed by atoms with van der Waals surface area (Å²) in [5.74, 6) is 1.63. The van der Waals surface area contributed by atoms with Crippen molar-refractivity contribution in [1.29, 1.82) is 0 Å². The Balaban J connectivity index is 1.73. The Morgan fingerprint density at radius 3 is 2.83 bits per heavy atom. The van der Waals surface area contributed by atoms with Gasteiger partial charge in [-0.05, 0) is 29.8 Å². The number of rotatable bonds is 6. The molecule has 1 N–H and O–H groups in total. The monoisotopic (exact) mass is 312 g/mol. The number of hydrogen-bond donors (Lipinski definition) is 1. The zero-order valence-corrected chi connectivity index (χ0v) is 12.5. The van der Waals surface area contributed by atoms with Crippen LogP contribution in [0.25, 0.3) is 11.5 Å². The molecule has 1 heterocycles. The van der Waals surface area contributed by atoms with Gasteiger partial charge >= 0.3 is 0 Å². The minimum absolute atomic E-state index is 0.0956. The molecule has 6 nitrogen and oxygen atoms in total. The quantitative estimate of drug-likeness (QED) is 0.754. The highest BCUT2D eigenvalue weighted by Crippen LogP contribution is 2.29. The van der Waals surface area contributed by atoms with Crippen molar-refractivity contribution in [1.82, 2.24) is 10.2 Å². The third-order valence-electron chi connectivity index (χ3n) is 3.35. The second kappa shape index (κ2) is 6.93. The van der Waals surface area contributed by atoms with Gasteiger partial charge < -0.3 is 19.0 Å². The summed E-state index contributed by atoms with van der Waals surface area (Å²) in [6.07, 6.45) is 0.484. The van der Waals surface area contributed by atoms with Gasteiger partial charge in [0.15, 0.2) is 0 Å².